The van der Waals surface area contributed by atoms with Crippen LogP contribution in [0.4, 0.5) is 0 Å². The number of carboxylic acid groups (broad SMARTS) is 1. The molecule has 0 heterocycles. The van der Waals surface area contributed by atoms with Gasteiger partial charge in [-0.05, 0) is 12.8 Å². The first-order valence-electron chi connectivity index (χ1n) is 16.7. The van der Waals surface area contributed by atoms with Crippen LogP contribution in [0.15, 0.2) is 0 Å². The first-order chi connectivity index (χ1) is 18.6. The third kappa shape index (κ3) is 29.5. The van der Waals surface area contributed by atoms with Gasteiger partial charge in [0.25, 0.3) is 0 Å². The summed E-state index contributed by atoms with van der Waals surface area (Å²) in [6, 6.07) is -0.985. The number of unbranched alkanes of at least 4 members (excludes halogenated alkanes) is 25. The van der Waals surface area contributed by atoms with E-state index in [4.69, 9.17) is 15.6 Å². The zero-order valence-electron chi connectivity index (χ0n) is 25.3. The van der Waals surface area contributed by atoms with E-state index in [0.717, 1.165) is 12.8 Å². The molecule has 1 atom stereocenters. The molecule has 0 saturated carbocycles. The molecule has 0 aliphatic heterocycles. The van der Waals surface area contributed by atoms with Crippen molar-refractivity contribution in [2.45, 2.75) is 193 Å². The van der Waals surface area contributed by atoms with E-state index in [1.807, 2.05) is 0 Å². The summed E-state index contributed by atoms with van der Waals surface area (Å²) < 4.78 is 5.14. The molecule has 0 aliphatic carbocycles. The summed E-state index contributed by atoms with van der Waals surface area (Å²) in [5, 5.41) is 8.70. The van der Waals surface area contributed by atoms with Crippen LogP contribution in [0.1, 0.15) is 187 Å². The van der Waals surface area contributed by atoms with Crippen LogP contribution in [0, 0.1) is 0 Å². The number of esters is 1. The van der Waals surface area contributed by atoms with E-state index in [1.165, 1.54) is 154 Å². The second-order valence-corrected chi connectivity index (χ2v) is 11.5. The molecule has 0 amide bonds. The second-order valence-electron chi connectivity index (χ2n) is 11.5. The largest absolute Gasteiger partial charge is 0.480 e. The van der Waals surface area contributed by atoms with Gasteiger partial charge in [0.1, 0.15) is 6.04 Å². The van der Waals surface area contributed by atoms with Crippen molar-refractivity contribution in [2.75, 3.05) is 6.61 Å². The van der Waals surface area contributed by atoms with Crippen molar-refractivity contribution >= 4 is 11.9 Å². The Labute approximate surface area is 236 Å². The van der Waals surface area contributed by atoms with E-state index >= 15 is 0 Å². The first-order valence-corrected chi connectivity index (χ1v) is 16.7. The van der Waals surface area contributed by atoms with Crippen molar-refractivity contribution < 1.29 is 19.4 Å². The van der Waals surface area contributed by atoms with Gasteiger partial charge in [0, 0.05) is 6.42 Å². The maximum Gasteiger partial charge on any atom is 0.320 e. The Morgan fingerprint density at radius 1 is 0.553 bits per heavy atom. The molecule has 0 radical (unpaired) electrons. The Bertz CT molecular complexity index is 511. The summed E-state index contributed by atoms with van der Waals surface area (Å²) >= 11 is 0. The van der Waals surface area contributed by atoms with Crippen LogP contribution in [0.2, 0.25) is 0 Å². The number of aliphatic carboxylic acids is 1. The number of carboxylic acids is 1. The van der Waals surface area contributed by atoms with Gasteiger partial charge in [0.2, 0.25) is 0 Å². The normalized spacial score (nSPS) is 12.1. The van der Waals surface area contributed by atoms with Crippen LogP contribution in [0.25, 0.3) is 0 Å². The summed E-state index contributed by atoms with van der Waals surface area (Å²) in [7, 11) is 0. The molecule has 0 bridgehead atoms. The van der Waals surface area contributed by atoms with Gasteiger partial charge in [-0.2, -0.15) is 0 Å². The molecule has 0 aromatic heterocycles. The number of ether oxygens (including phenoxy) is 1. The molecule has 0 unspecified atom stereocenters. The Morgan fingerprint density at radius 2 is 0.842 bits per heavy atom. The van der Waals surface area contributed by atoms with Crippen LogP contribution in [-0.4, -0.2) is 29.7 Å². The molecule has 0 spiro atoms. The van der Waals surface area contributed by atoms with Crippen LogP contribution >= 0.6 is 0 Å². The Morgan fingerprint density at radius 3 is 1.13 bits per heavy atom. The smallest absolute Gasteiger partial charge is 0.320 e. The van der Waals surface area contributed by atoms with E-state index in [0.29, 0.717) is 6.61 Å². The molecular weight excluding hydrogens is 474 g/mol. The Balaban J connectivity index is 3.12. The van der Waals surface area contributed by atoms with E-state index in [1.54, 1.807) is 0 Å². The third-order valence-corrected chi connectivity index (χ3v) is 7.74. The first kappa shape index (κ1) is 36.9. The monoisotopic (exact) mass is 539 g/mol. The molecular formula is C33H65NO4. The van der Waals surface area contributed by atoms with Crippen LogP contribution in [-0.2, 0) is 14.3 Å². The average molecular weight is 540 g/mol. The van der Waals surface area contributed by atoms with E-state index in [9.17, 15) is 9.59 Å². The molecule has 0 rings (SSSR count). The molecule has 0 aliphatic rings. The van der Waals surface area contributed by atoms with Crippen LogP contribution in [0.3, 0.4) is 0 Å². The summed E-state index contributed by atoms with van der Waals surface area (Å²) in [5.41, 5.74) is 5.38. The summed E-state index contributed by atoms with van der Waals surface area (Å²) in [6.45, 7) is 2.72. The van der Waals surface area contributed by atoms with Gasteiger partial charge in [-0.25, -0.2) is 0 Å². The van der Waals surface area contributed by atoms with Gasteiger partial charge < -0.3 is 15.6 Å². The minimum absolute atomic E-state index is 0.0763. The zero-order chi connectivity index (χ0) is 27.9. The van der Waals surface area contributed by atoms with Crippen molar-refractivity contribution in [3.05, 3.63) is 0 Å². The second kappa shape index (κ2) is 30.4. The summed E-state index contributed by atoms with van der Waals surface area (Å²) in [5.74, 6) is -1.42. The molecule has 5 heteroatoms. The Kier molecular flexibility index (Phi) is 29.6. The van der Waals surface area contributed by atoms with E-state index in [2.05, 4.69) is 6.92 Å². The highest BCUT2D eigenvalue weighted by atomic mass is 16.5. The zero-order valence-corrected chi connectivity index (χ0v) is 25.3. The SMILES string of the molecule is CCCCCCCCCCCCCCCCCCCCCCCCCCCCOC(=O)CC[C@H](N)C(=O)O. The van der Waals surface area contributed by atoms with Crippen LogP contribution in [0.5, 0.6) is 0 Å². The fourth-order valence-electron chi connectivity index (χ4n) is 5.07. The highest BCUT2D eigenvalue weighted by Gasteiger charge is 2.13. The standard InChI is InChI=1S/C33H65NO4/c1-2-3-4-5-6-7-8-9-10-11-12-13-14-15-16-17-18-19-20-21-22-23-24-25-26-27-30-38-32(35)29-28-31(34)33(36)37/h31H,2-30,34H2,1H3,(H,36,37)/t31-/m0/s1. The van der Waals surface area contributed by atoms with Gasteiger partial charge in [-0.1, -0.05) is 167 Å². The average Bonchev–Trinajstić information content (AvgIpc) is 2.91. The van der Waals surface area contributed by atoms with Gasteiger partial charge in [-0.15, -0.1) is 0 Å². The fraction of sp³-hybridized carbons (Fsp3) is 0.939. The summed E-state index contributed by atoms with van der Waals surface area (Å²) in [4.78, 5) is 22.2. The van der Waals surface area contributed by atoms with Gasteiger partial charge in [0.05, 0.1) is 6.61 Å². The molecule has 38 heavy (non-hydrogen) atoms. The number of carbonyl (C=O) groups is 2. The van der Waals surface area contributed by atoms with Gasteiger partial charge >= 0.3 is 11.9 Å². The predicted octanol–water partition coefficient (Wildman–Crippen LogP) is 9.88. The number of hydrogen-bond acceptors (Lipinski definition) is 4. The lowest BCUT2D eigenvalue weighted by Crippen LogP contribution is -2.30. The predicted molar refractivity (Wildman–Crippen MR) is 162 cm³/mol. The number of carbonyl (C=O) groups excluding carboxylic acids is 1. The highest BCUT2D eigenvalue weighted by molar-refractivity contribution is 5.75. The van der Waals surface area contributed by atoms with E-state index in [-0.39, 0.29) is 18.8 Å². The lowest BCUT2D eigenvalue weighted by Gasteiger charge is -2.07. The quantitative estimate of drug-likeness (QED) is 0.0675. The van der Waals surface area contributed by atoms with Crippen molar-refractivity contribution in [3.63, 3.8) is 0 Å². The molecule has 226 valence electrons. The van der Waals surface area contributed by atoms with Gasteiger partial charge in [-0.3, -0.25) is 9.59 Å². The minimum Gasteiger partial charge on any atom is -0.480 e. The molecule has 0 aromatic carbocycles. The number of hydrogen-bond donors (Lipinski definition) is 2. The molecule has 0 aromatic rings. The van der Waals surface area contributed by atoms with Crippen molar-refractivity contribution in [3.8, 4) is 0 Å². The minimum atomic E-state index is -1.08. The van der Waals surface area contributed by atoms with E-state index < -0.39 is 12.0 Å². The molecule has 0 saturated heterocycles. The lowest BCUT2D eigenvalue weighted by atomic mass is 10.0. The van der Waals surface area contributed by atoms with Gasteiger partial charge in [0.15, 0.2) is 0 Å². The molecule has 5 nitrogen and oxygen atoms in total. The highest BCUT2D eigenvalue weighted by Crippen LogP contribution is 2.16. The van der Waals surface area contributed by atoms with Crippen molar-refractivity contribution in [2.24, 2.45) is 5.73 Å². The maximum absolute atomic E-state index is 11.5. The van der Waals surface area contributed by atoms with Crippen LogP contribution < -0.4 is 5.73 Å². The number of nitrogens with two attached hydrogens (primary N) is 1. The number of rotatable bonds is 31. The lowest BCUT2D eigenvalue weighted by molar-refractivity contribution is -0.144. The molecule has 0 fully saturated rings. The van der Waals surface area contributed by atoms with Crippen molar-refractivity contribution in [1.82, 2.24) is 0 Å². The third-order valence-electron chi connectivity index (χ3n) is 7.74. The topological polar surface area (TPSA) is 89.6 Å². The summed E-state index contributed by atoms with van der Waals surface area (Å²) in [6.07, 6.45) is 36.0. The maximum atomic E-state index is 11.5. The Hall–Kier alpha value is -1.10. The molecule has 3 N–H and O–H groups in total. The fourth-order valence-corrected chi connectivity index (χ4v) is 5.07. The van der Waals surface area contributed by atoms with Crippen molar-refractivity contribution in [1.29, 1.82) is 0 Å².